The third-order valence-electron chi connectivity index (χ3n) is 3.01. The molecule has 0 bridgehead atoms. The molecule has 1 fully saturated rings. The van der Waals surface area contributed by atoms with Crippen LogP contribution in [0.4, 0.5) is 0 Å². The molecule has 1 rings (SSSR count). The minimum atomic E-state index is -0.793. The molecule has 0 aromatic rings. The highest BCUT2D eigenvalue weighted by Crippen LogP contribution is 2.27. The molecule has 3 N–H and O–H groups in total. The van der Waals surface area contributed by atoms with Gasteiger partial charge in [-0.3, -0.25) is 4.79 Å². The summed E-state index contributed by atoms with van der Waals surface area (Å²) < 4.78 is 0. The summed E-state index contributed by atoms with van der Waals surface area (Å²) in [5.74, 6) is -0.541. The molecule has 0 spiro atoms. The monoisotopic (exact) mass is 186 g/mol. The van der Waals surface area contributed by atoms with Crippen LogP contribution < -0.4 is 5.73 Å². The van der Waals surface area contributed by atoms with Crippen LogP contribution in [-0.4, -0.2) is 41.7 Å². The fourth-order valence-corrected chi connectivity index (χ4v) is 1.93. The van der Waals surface area contributed by atoms with Gasteiger partial charge < -0.3 is 15.7 Å². The predicted octanol–water partition coefficient (Wildman–Crippen LogP) is 0.130. The van der Waals surface area contributed by atoms with E-state index >= 15 is 0 Å². The van der Waals surface area contributed by atoms with Crippen molar-refractivity contribution in [3.05, 3.63) is 0 Å². The molecule has 4 heteroatoms. The molecule has 1 saturated heterocycles. The second-order valence-electron chi connectivity index (χ2n) is 4.22. The van der Waals surface area contributed by atoms with Crippen molar-refractivity contribution >= 4 is 5.97 Å². The van der Waals surface area contributed by atoms with E-state index in [-0.39, 0.29) is 12.3 Å². The van der Waals surface area contributed by atoms with Gasteiger partial charge in [-0.1, -0.05) is 6.92 Å². The minimum Gasteiger partial charge on any atom is -0.481 e. The molecule has 1 heterocycles. The zero-order valence-corrected chi connectivity index (χ0v) is 8.29. The molecule has 2 unspecified atom stereocenters. The van der Waals surface area contributed by atoms with E-state index in [1.165, 1.54) is 0 Å². The van der Waals surface area contributed by atoms with Crippen molar-refractivity contribution in [1.82, 2.24) is 4.90 Å². The molecular formula is C9H18N2O2. The van der Waals surface area contributed by atoms with Gasteiger partial charge in [-0.2, -0.15) is 0 Å². The summed E-state index contributed by atoms with van der Waals surface area (Å²) in [5.41, 5.74) is 5.56. The van der Waals surface area contributed by atoms with Crippen LogP contribution in [0.15, 0.2) is 0 Å². The van der Waals surface area contributed by atoms with Crippen LogP contribution in [0.5, 0.6) is 0 Å². The minimum absolute atomic E-state index is 0.0853. The number of carboxylic acids is 1. The van der Waals surface area contributed by atoms with Gasteiger partial charge >= 0.3 is 5.97 Å². The van der Waals surface area contributed by atoms with Gasteiger partial charge in [0.25, 0.3) is 0 Å². The molecular weight excluding hydrogens is 168 g/mol. The summed E-state index contributed by atoms with van der Waals surface area (Å²) in [4.78, 5) is 12.8. The Morgan fingerprint density at radius 2 is 2.38 bits per heavy atom. The van der Waals surface area contributed by atoms with Crippen molar-refractivity contribution in [3.63, 3.8) is 0 Å². The van der Waals surface area contributed by atoms with Crippen molar-refractivity contribution in [2.75, 3.05) is 20.1 Å². The van der Waals surface area contributed by atoms with Crippen molar-refractivity contribution < 1.29 is 9.90 Å². The van der Waals surface area contributed by atoms with Crippen molar-refractivity contribution in [2.45, 2.75) is 25.3 Å². The first kappa shape index (κ1) is 10.5. The topological polar surface area (TPSA) is 66.6 Å². The highest BCUT2D eigenvalue weighted by molar-refractivity contribution is 5.68. The number of likely N-dealkylation sites (tertiary alicyclic amines) is 1. The van der Waals surface area contributed by atoms with Gasteiger partial charge in [-0.25, -0.2) is 0 Å². The van der Waals surface area contributed by atoms with Gasteiger partial charge in [0.15, 0.2) is 0 Å². The summed E-state index contributed by atoms with van der Waals surface area (Å²) in [6.45, 7) is 3.82. The average Bonchev–Trinajstić information content (AvgIpc) is 1.97. The van der Waals surface area contributed by atoms with E-state index in [1.54, 1.807) is 0 Å². The Morgan fingerprint density at radius 3 is 2.85 bits per heavy atom. The highest BCUT2D eigenvalue weighted by atomic mass is 16.4. The number of nitrogens with zero attached hydrogens (tertiary/aromatic N) is 1. The van der Waals surface area contributed by atoms with E-state index in [2.05, 4.69) is 4.90 Å². The van der Waals surface area contributed by atoms with Gasteiger partial charge in [0.1, 0.15) is 0 Å². The normalized spacial score (nSPS) is 36.1. The van der Waals surface area contributed by atoms with Gasteiger partial charge in [0.2, 0.25) is 0 Å². The Bertz CT molecular complexity index is 208. The molecule has 0 aromatic heterocycles. The van der Waals surface area contributed by atoms with E-state index < -0.39 is 11.5 Å². The van der Waals surface area contributed by atoms with E-state index in [1.807, 2.05) is 14.0 Å². The first-order valence-corrected chi connectivity index (χ1v) is 4.63. The van der Waals surface area contributed by atoms with E-state index in [4.69, 9.17) is 10.8 Å². The average molecular weight is 186 g/mol. The van der Waals surface area contributed by atoms with Crippen LogP contribution in [0.25, 0.3) is 0 Å². The lowest BCUT2D eigenvalue weighted by Crippen LogP contribution is -2.56. The molecule has 0 aliphatic carbocycles. The van der Waals surface area contributed by atoms with Crippen LogP contribution in [0.1, 0.15) is 19.8 Å². The quantitative estimate of drug-likeness (QED) is 0.643. The maximum Gasteiger partial charge on any atom is 0.305 e. The zero-order chi connectivity index (χ0) is 10.1. The molecule has 4 nitrogen and oxygen atoms in total. The first-order chi connectivity index (χ1) is 5.94. The third kappa shape index (κ3) is 2.42. The number of hydrogen-bond donors (Lipinski definition) is 2. The fraction of sp³-hybridized carbons (Fsp3) is 0.889. The number of rotatable bonds is 2. The Hall–Kier alpha value is -0.610. The Balaban J connectivity index is 2.61. The SMILES string of the molecule is CC1CN(C)CCC1(N)CC(=O)O. The second kappa shape index (κ2) is 3.64. The molecule has 0 aromatic carbocycles. The molecule has 0 amide bonds. The van der Waals surface area contributed by atoms with Crippen molar-refractivity contribution in [1.29, 1.82) is 0 Å². The summed E-state index contributed by atoms with van der Waals surface area (Å²) in [6, 6.07) is 0. The molecule has 1 aliphatic rings. The third-order valence-corrected chi connectivity index (χ3v) is 3.01. The number of carbonyl (C=O) groups is 1. The second-order valence-corrected chi connectivity index (χ2v) is 4.22. The number of nitrogens with two attached hydrogens (primary N) is 1. The Kier molecular flexibility index (Phi) is 2.93. The summed E-state index contributed by atoms with van der Waals surface area (Å²) in [5, 5.41) is 8.72. The van der Waals surface area contributed by atoms with Gasteiger partial charge in [0.05, 0.1) is 6.42 Å². The van der Waals surface area contributed by atoms with Crippen molar-refractivity contribution in [2.24, 2.45) is 11.7 Å². The van der Waals surface area contributed by atoms with Crippen LogP contribution in [0, 0.1) is 5.92 Å². The number of hydrogen-bond acceptors (Lipinski definition) is 3. The van der Waals surface area contributed by atoms with E-state index in [9.17, 15) is 4.79 Å². The standard InChI is InChI=1S/C9H18N2O2/c1-7-6-11(2)4-3-9(7,10)5-8(12)13/h7H,3-6,10H2,1-2H3,(H,12,13). The summed E-state index contributed by atoms with van der Waals surface area (Å²) in [7, 11) is 2.04. The first-order valence-electron chi connectivity index (χ1n) is 4.63. The molecule has 2 atom stereocenters. The predicted molar refractivity (Wildman–Crippen MR) is 50.4 cm³/mol. The lowest BCUT2D eigenvalue weighted by atomic mass is 9.77. The molecule has 76 valence electrons. The number of aliphatic carboxylic acids is 1. The Morgan fingerprint density at radius 1 is 1.77 bits per heavy atom. The van der Waals surface area contributed by atoms with Crippen LogP contribution in [0.2, 0.25) is 0 Å². The van der Waals surface area contributed by atoms with Crippen LogP contribution in [-0.2, 0) is 4.79 Å². The lowest BCUT2D eigenvalue weighted by molar-refractivity contribution is -0.139. The molecule has 13 heavy (non-hydrogen) atoms. The Labute approximate surface area is 78.7 Å². The molecule has 0 saturated carbocycles. The van der Waals surface area contributed by atoms with E-state index in [0.29, 0.717) is 0 Å². The number of carboxylic acid groups (broad SMARTS) is 1. The summed E-state index contributed by atoms with van der Waals surface area (Å²) in [6.07, 6.45) is 0.860. The lowest BCUT2D eigenvalue weighted by Gasteiger charge is -2.42. The molecule has 1 aliphatic heterocycles. The summed E-state index contributed by atoms with van der Waals surface area (Å²) >= 11 is 0. The highest BCUT2D eigenvalue weighted by Gasteiger charge is 2.37. The van der Waals surface area contributed by atoms with Gasteiger partial charge in [-0.15, -0.1) is 0 Å². The number of piperidine rings is 1. The maximum atomic E-state index is 10.6. The smallest absolute Gasteiger partial charge is 0.305 e. The maximum absolute atomic E-state index is 10.6. The zero-order valence-electron chi connectivity index (χ0n) is 8.29. The largest absolute Gasteiger partial charge is 0.481 e. The van der Waals surface area contributed by atoms with Gasteiger partial charge in [-0.05, 0) is 25.9 Å². The van der Waals surface area contributed by atoms with Gasteiger partial charge in [0, 0.05) is 12.1 Å². The van der Waals surface area contributed by atoms with Crippen LogP contribution >= 0.6 is 0 Å². The van der Waals surface area contributed by atoms with E-state index in [0.717, 1.165) is 19.5 Å². The molecule has 0 radical (unpaired) electrons. The van der Waals surface area contributed by atoms with Crippen LogP contribution in [0.3, 0.4) is 0 Å². The van der Waals surface area contributed by atoms with Crippen molar-refractivity contribution in [3.8, 4) is 0 Å². The fourth-order valence-electron chi connectivity index (χ4n) is 1.93.